The second kappa shape index (κ2) is 5.65. The highest BCUT2D eigenvalue weighted by Gasteiger charge is 2.39. The van der Waals surface area contributed by atoms with E-state index in [1.165, 1.54) is 4.90 Å². The number of hydrogen-bond donors (Lipinski definition) is 1. The third kappa shape index (κ3) is 2.76. The Hall–Kier alpha value is -1.49. The Kier molecular flexibility index (Phi) is 4.14. The predicted molar refractivity (Wildman–Crippen MR) is 74.5 cm³/mol. The Balaban J connectivity index is 2.20. The van der Waals surface area contributed by atoms with Crippen molar-refractivity contribution in [3.05, 3.63) is 29.8 Å². The highest BCUT2D eigenvalue weighted by Crippen LogP contribution is 2.26. The van der Waals surface area contributed by atoms with E-state index in [0.29, 0.717) is 12.1 Å². The number of carboxylic acid groups (broad SMARTS) is 1. The third-order valence-corrected chi connectivity index (χ3v) is 4.29. The lowest BCUT2D eigenvalue weighted by Gasteiger charge is -2.23. The van der Waals surface area contributed by atoms with Crippen LogP contribution in [0.4, 0.5) is 0 Å². The van der Waals surface area contributed by atoms with Crippen LogP contribution in [0, 0.1) is 5.92 Å². The fourth-order valence-electron chi connectivity index (χ4n) is 2.45. The van der Waals surface area contributed by atoms with Crippen molar-refractivity contribution in [2.24, 2.45) is 5.92 Å². The average molecular weight is 279 g/mol. The minimum atomic E-state index is -0.918. The molecule has 0 aromatic heterocycles. The monoisotopic (exact) mass is 279 g/mol. The van der Waals surface area contributed by atoms with Crippen LogP contribution in [0.25, 0.3) is 0 Å². The van der Waals surface area contributed by atoms with Crippen LogP contribution >= 0.6 is 11.8 Å². The molecular formula is C14H17NO3S. The first-order chi connectivity index (χ1) is 9.04. The lowest BCUT2D eigenvalue weighted by Crippen LogP contribution is -2.42. The zero-order chi connectivity index (χ0) is 14.0. The molecule has 1 aromatic rings. The second-order valence-corrected chi connectivity index (χ2v) is 5.66. The minimum absolute atomic E-state index is 0.00641. The van der Waals surface area contributed by atoms with Crippen molar-refractivity contribution in [1.29, 1.82) is 0 Å². The smallest absolute Gasteiger partial charge is 0.326 e. The van der Waals surface area contributed by atoms with Crippen LogP contribution < -0.4 is 0 Å². The summed E-state index contributed by atoms with van der Waals surface area (Å²) in [5.41, 5.74) is 0.554. The molecule has 1 saturated heterocycles. The molecule has 1 fully saturated rings. The number of carbonyl (C=O) groups excluding carboxylic acids is 1. The fourth-order valence-corrected chi connectivity index (χ4v) is 2.86. The first-order valence-electron chi connectivity index (χ1n) is 6.22. The Morgan fingerprint density at radius 2 is 1.95 bits per heavy atom. The molecule has 4 nitrogen and oxygen atoms in total. The van der Waals surface area contributed by atoms with E-state index in [1.54, 1.807) is 23.9 Å². The number of nitrogens with zero attached hydrogens (tertiary/aromatic N) is 1. The molecule has 2 atom stereocenters. The number of thioether (sulfide) groups is 1. The zero-order valence-electron chi connectivity index (χ0n) is 11.0. The Morgan fingerprint density at radius 1 is 1.32 bits per heavy atom. The van der Waals surface area contributed by atoms with Crippen molar-refractivity contribution in [3.63, 3.8) is 0 Å². The van der Waals surface area contributed by atoms with Gasteiger partial charge in [0.25, 0.3) is 5.91 Å². The SMILES string of the molecule is CSc1ccc(C(=O)N2CCC(C)C2C(=O)O)cc1. The molecule has 2 rings (SSSR count). The molecule has 1 heterocycles. The van der Waals surface area contributed by atoms with Gasteiger partial charge in [-0.15, -0.1) is 11.8 Å². The molecule has 1 aliphatic rings. The molecule has 19 heavy (non-hydrogen) atoms. The van der Waals surface area contributed by atoms with E-state index in [0.717, 1.165) is 11.3 Å². The Bertz CT molecular complexity index is 486. The van der Waals surface area contributed by atoms with Gasteiger partial charge < -0.3 is 10.0 Å². The van der Waals surface area contributed by atoms with E-state index < -0.39 is 12.0 Å². The van der Waals surface area contributed by atoms with Gasteiger partial charge in [0.1, 0.15) is 6.04 Å². The van der Waals surface area contributed by atoms with Crippen LogP contribution in [0.2, 0.25) is 0 Å². The molecule has 0 aliphatic carbocycles. The van der Waals surface area contributed by atoms with E-state index in [1.807, 2.05) is 25.3 Å². The first-order valence-corrected chi connectivity index (χ1v) is 7.45. The summed E-state index contributed by atoms with van der Waals surface area (Å²) in [7, 11) is 0. The molecule has 0 saturated carbocycles. The maximum absolute atomic E-state index is 12.4. The molecule has 102 valence electrons. The summed E-state index contributed by atoms with van der Waals surface area (Å²) in [4.78, 5) is 26.2. The van der Waals surface area contributed by atoms with Crippen LogP contribution in [0.1, 0.15) is 23.7 Å². The van der Waals surface area contributed by atoms with E-state index in [-0.39, 0.29) is 11.8 Å². The number of carbonyl (C=O) groups is 2. The summed E-state index contributed by atoms with van der Waals surface area (Å²) < 4.78 is 0. The lowest BCUT2D eigenvalue weighted by atomic mass is 10.0. The van der Waals surface area contributed by atoms with Crippen molar-refractivity contribution in [3.8, 4) is 0 Å². The summed E-state index contributed by atoms with van der Waals surface area (Å²) in [6.07, 6.45) is 2.71. The summed E-state index contributed by atoms with van der Waals surface area (Å²) in [6.45, 7) is 2.39. The second-order valence-electron chi connectivity index (χ2n) is 4.78. The van der Waals surface area contributed by atoms with Gasteiger partial charge in [0.15, 0.2) is 0 Å². The Morgan fingerprint density at radius 3 is 2.47 bits per heavy atom. The topological polar surface area (TPSA) is 57.6 Å². The molecule has 0 spiro atoms. The van der Waals surface area contributed by atoms with E-state index in [2.05, 4.69) is 0 Å². The van der Waals surface area contributed by atoms with Crippen molar-refractivity contribution >= 4 is 23.6 Å². The lowest BCUT2D eigenvalue weighted by molar-refractivity contribution is -0.142. The normalized spacial score (nSPS) is 22.5. The van der Waals surface area contributed by atoms with E-state index in [4.69, 9.17) is 0 Å². The number of rotatable bonds is 3. The highest BCUT2D eigenvalue weighted by atomic mass is 32.2. The van der Waals surface area contributed by atoms with Gasteiger partial charge >= 0.3 is 5.97 Å². The summed E-state index contributed by atoms with van der Waals surface area (Å²) >= 11 is 1.61. The number of hydrogen-bond acceptors (Lipinski definition) is 3. The summed E-state index contributed by atoms with van der Waals surface area (Å²) in [5.74, 6) is -1.10. The number of carboxylic acids is 1. The molecule has 1 N–H and O–H groups in total. The average Bonchev–Trinajstić information content (AvgIpc) is 2.80. The van der Waals surface area contributed by atoms with Gasteiger partial charge in [-0.05, 0) is 42.9 Å². The van der Waals surface area contributed by atoms with Gasteiger partial charge in [0.05, 0.1) is 0 Å². The van der Waals surface area contributed by atoms with Gasteiger partial charge in [-0.25, -0.2) is 4.79 Å². The molecule has 2 unspecified atom stereocenters. The quantitative estimate of drug-likeness (QED) is 0.863. The third-order valence-electron chi connectivity index (χ3n) is 3.55. The van der Waals surface area contributed by atoms with Crippen LogP contribution in [0.15, 0.2) is 29.2 Å². The fraction of sp³-hybridized carbons (Fsp3) is 0.429. The largest absolute Gasteiger partial charge is 0.480 e. The summed E-state index contributed by atoms with van der Waals surface area (Å²) in [5, 5.41) is 9.23. The molecule has 1 amide bonds. The Labute approximate surface area is 116 Å². The summed E-state index contributed by atoms with van der Waals surface area (Å²) in [6, 6.07) is 6.58. The van der Waals surface area contributed by atoms with Crippen molar-refractivity contribution in [2.45, 2.75) is 24.3 Å². The predicted octanol–water partition coefficient (Wildman–Crippen LogP) is 2.34. The number of amides is 1. The standard InChI is InChI=1S/C14H17NO3S/c1-9-7-8-15(12(9)14(17)18)13(16)10-3-5-11(19-2)6-4-10/h3-6,9,12H,7-8H2,1-2H3,(H,17,18). The molecule has 1 aromatic carbocycles. The van der Waals surface area contributed by atoms with Gasteiger partial charge in [-0.3, -0.25) is 4.79 Å². The first kappa shape index (κ1) is 13.9. The minimum Gasteiger partial charge on any atom is -0.480 e. The molecule has 5 heteroatoms. The maximum atomic E-state index is 12.4. The van der Waals surface area contributed by atoms with Crippen molar-refractivity contribution in [2.75, 3.05) is 12.8 Å². The number of likely N-dealkylation sites (tertiary alicyclic amines) is 1. The van der Waals surface area contributed by atoms with Crippen molar-refractivity contribution < 1.29 is 14.7 Å². The molecule has 1 aliphatic heterocycles. The van der Waals surface area contributed by atoms with Gasteiger partial charge in [0, 0.05) is 17.0 Å². The van der Waals surface area contributed by atoms with E-state index in [9.17, 15) is 14.7 Å². The number of benzene rings is 1. The highest BCUT2D eigenvalue weighted by molar-refractivity contribution is 7.98. The maximum Gasteiger partial charge on any atom is 0.326 e. The van der Waals surface area contributed by atoms with Gasteiger partial charge in [-0.2, -0.15) is 0 Å². The van der Waals surface area contributed by atoms with E-state index >= 15 is 0 Å². The van der Waals surface area contributed by atoms with Gasteiger partial charge in [0.2, 0.25) is 0 Å². The molecule has 0 bridgehead atoms. The van der Waals surface area contributed by atoms with Crippen LogP contribution in [-0.2, 0) is 4.79 Å². The van der Waals surface area contributed by atoms with Crippen LogP contribution in [-0.4, -0.2) is 40.7 Å². The molecule has 0 radical (unpaired) electrons. The van der Waals surface area contributed by atoms with Crippen LogP contribution in [0.3, 0.4) is 0 Å². The number of aliphatic carboxylic acids is 1. The van der Waals surface area contributed by atoms with Gasteiger partial charge in [-0.1, -0.05) is 6.92 Å². The van der Waals surface area contributed by atoms with Crippen LogP contribution in [0.5, 0.6) is 0 Å². The van der Waals surface area contributed by atoms with Crippen molar-refractivity contribution in [1.82, 2.24) is 4.90 Å². The zero-order valence-corrected chi connectivity index (χ0v) is 11.8. The molecular weight excluding hydrogens is 262 g/mol.